The van der Waals surface area contributed by atoms with Gasteiger partial charge >= 0.3 is 0 Å². The summed E-state index contributed by atoms with van der Waals surface area (Å²) < 4.78 is 29.1. The third-order valence-electron chi connectivity index (χ3n) is 5.26. The molecule has 2 aliphatic rings. The van der Waals surface area contributed by atoms with E-state index in [9.17, 15) is 18.0 Å². The highest BCUT2D eigenvalue weighted by Crippen LogP contribution is 2.36. The van der Waals surface area contributed by atoms with Gasteiger partial charge < -0.3 is 5.32 Å². The number of amides is 1. The molecule has 2 aromatic carbocycles. The van der Waals surface area contributed by atoms with Gasteiger partial charge in [0.25, 0.3) is 15.9 Å². The van der Waals surface area contributed by atoms with Crippen molar-refractivity contribution in [1.29, 1.82) is 5.26 Å². The van der Waals surface area contributed by atoms with Crippen LogP contribution in [0.25, 0.3) is 0 Å². The Hall–Kier alpha value is -3.85. The largest absolute Gasteiger partial charge is 0.341 e. The molecule has 3 aromatic rings. The summed E-state index contributed by atoms with van der Waals surface area (Å²) >= 11 is 1.16. The van der Waals surface area contributed by atoms with Gasteiger partial charge in [-0.25, -0.2) is 10.4 Å². The number of hydrazine groups is 1. The first-order chi connectivity index (χ1) is 15.9. The topological polar surface area (TPSA) is 132 Å². The number of carbonyl (C=O) groups excluding carboxylic acids is 2. The van der Waals surface area contributed by atoms with Crippen molar-refractivity contribution in [2.24, 2.45) is 10.3 Å². The minimum Gasteiger partial charge on any atom is -0.341 e. The Morgan fingerprint density at radius 2 is 1.97 bits per heavy atom. The van der Waals surface area contributed by atoms with Gasteiger partial charge in [-0.1, -0.05) is 24.3 Å². The van der Waals surface area contributed by atoms with Crippen LogP contribution in [0.3, 0.4) is 0 Å². The van der Waals surface area contributed by atoms with Gasteiger partial charge in [0.2, 0.25) is 0 Å². The van der Waals surface area contributed by atoms with Crippen LogP contribution in [0.4, 0.5) is 11.4 Å². The minimum atomic E-state index is -4.08. The molecule has 5 rings (SSSR count). The highest BCUT2D eigenvalue weighted by Gasteiger charge is 2.45. The van der Waals surface area contributed by atoms with Crippen LogP contribution < -0.4 is 15.8 Å². The van der Waals surface area contributed by atoms with Gasteiger partial charge in [0.15, 0.2) is 11.7 Å². The van der Waals surface area contributed by atoms with Crippen LogP contribution in [-0.4, -0.2) is 25.9 Å². The molecular formula is C22H15N5O4S2. The van der Waals surface area contributed by atoms with Gasteiger partial charge in [0.05, 0.1) is 27.9 Å². The third-order valence-corrected chi connectivity index (χ3v) is 7.52. The summed E-state index contributed by atoms with van der Waals surface area (Å²) in [4.78, 5) is 26.9. The Morgan fingerprint density at radius 3 is 2.79 bits per heavy atom. The number of para-hydroxylation sites is 1. The molecule has 3 heterocycles. The van der Waals surface area contributed by atoms with E-state index in [1.54, 1.807) is 53.9 Å². The zero-order chi connectivity index (χ0) is 23.2. The lowest BCUT2D eigenvalue weighted by Gasteiger charge is -2.33. The Morgan fingerprint density at radius 1 is 1.15 bits per heavy atom. The average Bonchev–Trinajstić information content (AvgIpc) is 3.29. The zero-order valence-corrected chi connectivity index (χ0v) is 18.5. The first-order valence-corrected chi connectivity index (χ1v) is 12.1. The van der Waals surface area contributed by atoms with Crippen molar-refractivity contribution in [3.8, 4) is 6.07 Å². The molecule has 2 N–H and O–H groups in total. The molecule has 0 aliphatic carbocycles. The number of nitrogens with zero attached hydrogens (tertiary/aromatic N) is 3. The van der Waals surface area contributed by atoms with Crippen LogP contribution >= 0.6 is 11.3 Å². The molecule has 0 saturated carbocycles. The summed E-state index contributed by atoms with van der Waals surface area (Å²) in [6.07, 6.45) is 0. The normalized spacial score (nSPS) is 18.6. The maximum absolute atomic E-state index is 13.4. The van der Waals surface area contributed by atoms with Crippen LogP contribution in [0.2, 0.25) is 0 Å². The maximum Gasteiger partial charge on any atom is 0.286 e. The molecule has 1 atom stereocenters. The predicted molar refractivity (Wildman–Crippen MR) is 122 cm³/mol. The molecule has 33 heavy (non-hydrogen) atoms. The fourth-order valence-corrected chi connectivity index (χ4v) is 5.74. The Bertz CT molecular complexity index is 1490. The van der Waals surface area contributed by atoms with Crippen LogP contribution in [0.5, 0.6) is 0 Å². The molecule has 0 saturated heterocycles. The maximum atomic E-state index is 13.4. The van der Waals surface area contributed by atoms with Crippen LogP contribution in [0, 0.1) is 17.2 Å². The molecule has 2 aliphatic heterocycles. The van der Waals surface area contributed by atoms with Crippen molar-refractivity contribution in [1.82, 2.24) is 5.43 Å². The highest BCUT2D eigenvalue weighted by atomic mass is 32.2. The third kappa shape index (κ3) is 3.60. The van der Waals surface area contributed by atoms with Gasteiger partial charge in [-0.2, -0.15) is 13.7 Å². The van der Waals surface area contributed by atoms with Crippen LogP contribution in [-0.2, 0) is 21.4 Å². The van der Waals surface area contributed by atoms with Crippen molar-refractivity contribution in [2.75, 3.05) is 10.3 Å². The number of ketones is 1. The summed E-state index contributed by atoms with van der Waals surface area (Å²) in [5.41, 5.74) is 4.90. The van der Waals surface area contributed by atoms with Gasteiger partial charge in [0.1, 0.15) is 10.7 Å². The van der Waals surface area contributed by atoms with E-state index in [2.05, 4.69) is 21.2 Å². The number of thiophene rings is 1. The van der Waals surface area contributed by atoms with Gasteiger partial charge in [-0.05, 0) is 41.3 Å². The van der Waals surface area contributed by atoms with Crippen molar-refractivity contribution >= 4 is 50.3 Å². The fraction of sp³-hybridized carbons (Fsp3) is 0.0909. The number of anilines is 2. The SMILES string of the molecule is N#Cc1cccc(CNN2C(=O)C(C3=NS(=O)(=O)c4ccccc4N3)C(=O)c3sccc32)c1. The number of nitriles is 1. The lowest BCUT2D eigenvalue weighted by atomic mass is 9.95. The molecule has 0 spiro atoms. The van der Waals surface area contributed by atoms with Crippen molar-refractivity contribution in [3.63, 3.8) is 0 Å². The quantitative estimate of drug-likeness (QED) is 0.552. The summed E-state index contributed by atoms with van der Waals surface area (Å²) in [6.45, 7) is 0.207. The van der Waals surface area contributed by atoms with Gasteiger partial charge in [-0.15, -0.1) is 15.7 Å². The summed E-state index contributed by atoms with van der Waals surface area (Å²) in [5, 5.41) is 14.9. The number of hydrogen-bond donors (Lipinski definition) is 2. The molecule has 0 radical (unpaired) electrons. The number of rotatable bonds is 4. The van der Waals surface area contributed by atoms with Crippen molar-refractivity contribution in [3.05, 3.63) is 76.0 Å². The van der Waals surface area contributed by atoms with E-state index < -0.39 is 27.6 Å². The van der Waals surface area contributed by atoms with E-state index >= 15 is 0 Å². The monoisotopic (exact) mass is 477 g/mol. The highest BCUT2D eigenvalue weighted by molar-refractivity contribution is 7.90. The number of fused-ring (bicyclic) bond motifs is 2. The first-order valence-electron chi connectivity index (χ1n) is 9.78. The second kappa shape index (κ2) is 7.93. The number of sulfonamides is 1. The molecule has 1 amide bonds. The fourth-order valence-electron chi connectivity index (χ4n) is 3.74. The number of hydrogen-bond acceptors (Lipinski definition) is 8. The van der Waals surface area contributed by atoms with E-state index in [1.807, 2.05) is 0 Å². The lowest BCUT2D eigenvalue weighted by Crippen LogP contribution is -2.54. The van der Waals surface area contributed by atoms with Gasteiger partial charge in [0, 0.05) is 6.54 Å². The summed E-state index contributed by atoms with van der Waals surface area (Å²) in [7, 11) is -4.08. The smallest absolute Gasteiger partial charge is 0.286 e. The van der Waals surface area contributed by atoms with E-state index in [4.69, 9.17) is 5.26 Å². The first kappa shape index (κ1) is 21.0. The molecule has 0 fully saturated rings. The Balaban J connectivity index is 1.50. The second-order valence-electron chi connectivity index (χ2n) is 7.33. The number of Topliss-reactive ketones (excluding diaryl/α,β-unsaturated/α-hetero) is 1. The van der Waals surface area contributed by atoms with Crippen molar-refractivity contribution < 1.29 is 18.0 Å². The average molecular weight is 478 g/mol. The molecule has 9 nitrogen and oxygen atoms in total. The number of nitrogens with one attached hydrogen (secondary N) is 2. The van der Waals surface area contributed by atoms with E-state index in [0.717, 1.165) is 16.9 Å². The lowest BCUT2D eigenvalue weighted by molar-refractivity contribution is -0.120. The minimum absolute atomic E-state index is 0.0198. The van der Waals surface area contributed by atoms with Crippen LogP contribution in [0.15, 0.2) is 69.3 Å². The Kier molecular flexibility index (Phi) is 5.05. The predicted octanol–water partition coefficient (Wildman–Crippen LogP) is 2.68. The van der Waals surface area contributed by atoms with Crippen molar-refractivity contribution in [2.45, 2.75) is 11.4 Å². The molecule has 1 unspecified atom stereocenters. The van der Waals surface area contributed by atoms with Gasteiger partial charge in [-0.3, -0.25) is 9.59 Å². The number of benzene rings is 2. The Labute approximate surface area is 193 Å². The molecule has 0 bridgehead atoms. The molecule has 164 valence electrons. The van der Waals surface area contributed by atoms with E-state index in [-0.39, 0.29) is 23.0 Å². The number of amidine groups is 1. The zero-order valence-electron chi connectivity index (χ0n) is 16.8. The number of carbonyl (C=O) groups is 2. The van der Waals surface area contributed by atoms with E-state index in [0.29, 0.717) is 16.1 Å². The van der Waals surface area contributed by atoms with Crippen LogP contribution in [0.1, 0.15) is 20.8 Å². The molecular weight excluding hydrogens is 462 g/mol. The molecule has 11 heteroatoms. The standard InChI is InChI=1S/C22H15N5O4S2/c23-11-13-4-3-5-14(10-13)12-24-27-16-8-9-32-20(16)19(28)18(22(27)29)21-25-15-6-1-2-7-17(15)33(30,31)26-21/h1-10,18,24H,12H2,(H,25,26). The molecule has 1 aromatic heterocycles. The second-order valence-corrected chi connectivity index (χ2v) is 9.81. The summed E-state index contributed by atoms with van der Waals surface area (Å²) in [6, 6.07) is 16.8. The summed E-state index contributed by atoms with van der Waals surface area (Å²) in [5.74, 6) is -2.85. The van der Waals surface area contributed by atoms with E-state index in [1.165, 1.54) is 11.1 Å².